The summed E-state index contributed by atoms with van der Waals surface area (Å²) in [6.07, 6.45) is 3.43. The first-order chi connectivity index (χ1) is 6.36. The standard InChI is InChI=1S/C7H12N6/c8-7-2-1-3-12(7)4-5-13-10-6-9-11-13/h6,8H,1-5H2. The lowest BCUT2D eigenvalue weighted by atomic mass is 10.4. The minimum absolute atomic E-state index is 0.711. The fraction of sp³-hybridized carbons (Fsp3) is 0.714. The van der Waals surface area contributed by atoms with Crippen LogP contribution in [0.5, 0.6) is 0 Å². The molecule has 0 bridgehead atoms. The molecular formula is C7H12N6. The summed E-state index contributed by atoms with van der Waals surface area (Å²) >= 11 is 0. The molecule has 1 saturated heterocycles. The maximum atomic E-state index is 7.59. The lowest BCUT2D eigenvalue weighted by Crippen LogP contribution is -2.28. The largest absolute Gasteiger partial charge is 0.359 e. The molecule has 1 aliphatic rings. The second-order valence-corrected chi connectivity index (χ2v) is 3.07. The summed E-state index contributed by atoms with van der Waals surface area (Å²) < 4.78 is 0. The molecule has 1 aromatic heterocycles. The van der Waals surface area contributed by atoms with Gasteiger partial charge in [0.2, 0.25) is 0 Å². The van der Waals surface area contributed by atoms with E-state index in [1.807, 2.05) is 0 Å². The van der Waals surface area contributed by atoms with Gasteiger partial charge in [0.05, 0.1) is 12.4 Å². The van der Waals surface area contributed by atoms with Crippen LogP contribution in [0.2, 0.25) is 0 Å². The van der Waals surface area contributed by atoms with Crippen LogP contribution in [-0.4, -0.2) is 44.0 Å². The summed E-state index contributed by atoms with van der Waals surface area (Å²) in [4.78, 5) is 3.61. The Hall–Kier alpha value is -1.46. The van der Waals surface area contributed by atoms with Crippen LogP contribution in [0, 0.1) is 5.41 Å². The topological polar surface area (TPSA) is 70.7 Å². The van der Waals surface area contributed by atoms with Crippen LogP contribution in [0.15, 0.2) is 6.33 Å². The molecule has 0 unspecified atom stereocenters. The molecular weight excluding hydrogens is 168 g/mol. The summed E-state index contributed by atoms with van der Waals surface area (Å²) in [7, 11) is 0. The highest BCUT2D eigenvalue weighted by Gasteiger charge is 2.15. The van der Waals surface area contributed by atoms with Gasteiger partial charge < -0.3 is 4.90 Å². The van der Waals surface area contributed by atoms with E-state index in [-0.39, 0.29) is 0 Å². The second kappa shape index (κ2) is 3.51. The van der Waals surface area contributed by atoms with Gasteiger partial charge >= 0.3 is 0 Å². The zero-order chi connectivity index (χ0) is 9.10. The van der Waals surface area contributed by atoms with Crippen molar-refractivity contribution in [3.63, 3.8) is 0 Å². The summed E-state index contributed by atoms with van der Waals surface area (Å²) in [5, 5.41) is 18.9. The monoisotopic (exact) mass is 180 g/mol. The van der Waals surface area contributed by atoms with E-state index in [2.05, 4.69) is 20.3 Å². The molecule has 0 atom stereocenters. The maximum Gasteiger partial charge on any atom is 0.162 e. The van der Waals surface area contributed by atoms with Gasteiger partial charge in [0.25, 0.3) is 0 Å². The lowest BCUT2D eigenvalue weighted by molar-refractivity contribution is 0.386. The van der Waals surface area contributed by atoms with E-state index in [0.29, 0.717) is 6.54 Å². The molecule has 1 aromatic rings. The third kappa shape index (κ3) is 1.82. The zero-order valence-corrected chi connectivity index (χ0v) is 7.35. The molecule has 0 saturated carbocycles. The Bertz CT molecular complexity index is 279. The van der Waals surface area contributed by atoms with Gasteiger partial charge in [-0.25, -0.2) is 0 Å². The van der Waals surface area contributed by atoms with Crippen molar-refractivity contribution in [2.24, 2.45) is 0 Å². The van der Waals surface area contributed by atoms with Crippen molar-refractivity contribution >= 4 is 5.84 Å². The van der Waals surface area contributed by atoms with Gasteiger partial charge in [-0.1, -0.05) is 0 Å². The number of nitrogens with zero attached hydrogens (tertiary/aromatic N) is 5. The van der Waals surface area contributed by atoms with Crippen LogP contribution in [0.3, 0.4) is 0 Å². The minimum atomic E-state index is 0.711. The number of tetrazole rings is 1. The lowest BCUT2D eigenvalue weighted by Gasteiger charge is -2.16. The van der Waals surface area contributed by atoms with Crippen LogP contribution in [0.4, 0.5) is 0 Å². The van der Waals surface area contributed by atoms with E-state index in [1.54, 1.807) is 4.80 Å². The van der Waals surface area contributed by atoms with Crippen molar-refractivity contribution < 1.29 is 0 Å². The normalized spacial score (nSPS) is 16.9. The van der Waals surface area contributed by atoms with Crippen molar-refractivity contribution in [2.75, 3.05) is 13.1 Å². The van der Waals surface area contributed by atoms with E-state index < -0.39 is 0 Å². The van der Waals surface area contributed by atoms with Crippen molar-refractivity contribution in [2.45, 2.75) is 19.4 Å². The number of aromatic nitrogens is 4. The number of hydrogen-bond acceptors (Lipinski definition) is 4. The van der Waals surface area contributed by atoms with Crippen LogP contribution < -0.4 is 0 Å². The number of hydrogen-bond donors (Lipinski definition) is 1. The molecule has 13 heavy (non-hydrogen) atoms. The van der Waals surface area contributed by atoms with E-state index in [4.69, 9.17) is 5.41 Å². The predicted molar refractivity (Wildman–Crippen MR) is 46.4 cm³/mol. The van der Waals surface area contributed by atoms with Gasteiger partial charge in [-0.3, -0.25) is 5.41 Å². The van der Waals surface area contributed by atoms with Gasteiger partial charge in [-0.2, -0.15) is 4.80 Å². The molecule has 2 rings (SSSR count). The van der Waals surface area contributed by atoms with E-state index >= 15 is 0 Å². The fourth-order valence-electron chi connectivity index (χ4n) is 1.48. The van der Waals surface area contributed by atoms with Gasteiger partial charge in [0.1, 0.15) is 0 Å². The van der Waals surface area contributed by atoms with Gasteiger partial charge in [-0.05, 0) is 11.6 Å². The first-order valence-corrected chi connectivity index (χ1v) is 4.39. The molecule has 0 spiro atoms. The Morgan fingerprint density at radius 3 is 3.00 bits per heavy atom. The Kier molecular flexibility index (Phi) is 2.20. The number of likely N-dealkylation sites (tertiary alicyclic amines) is 1. The molecule has 0 amide bonds. The smallest absolute Gasteiger partial charge is 0.162 e. The average Bonchev–Trinajstić information content (AvgIpc) is 2.72. The first kappa shape index (κ1) is 8.15. The Labute approximate surface area is 76.0 Å². The first-order valence-electron chi connectivity index (χ1n) is 4.39. The summed E-state index contributed by atoms with van der Waals surface area (Å²) in [5.74, 6) is 0.736. The third-order valence-corrected chi connectivity index (χ3v) is 2.18. The number of rotatable bonds is 3. The number of amidine groups is 1. The summed E-state index contributed by atoms with van der Waals surface area (Å²) in [6.45, 7) is 2.52. The molecule has 0 aromatic carbocycles. The molecule has 70 valence electrons. The van der Waals surface area contributed by atoms with Crippen molar-refractivity contribution in [3.8, 4) is 0 Å². The predicted octanol–water partition coefficient (Wildman–Crippen LogP) is -0.254. The van der Waals surface area contributed by atoms with E-state index in [1.165, 1.54) is 6.33 Å². The van der Waals surface area contributed by atoms with E-state index in [0.717, 1.165) is 31.8 Å². The third-order valence-electron chi connectivity index (χ3n) is 2.18. The Morgan fingerprint density at radius 2 is 2.38 bits per heavy atom. The Morgan fingerprint density at radius 1 is 1.46 bits per heavy atom. The number of nitrogens with one attached hydrogen (secondary N) is 1. The molecule has 6 nitrogen and oxygen atoms in total. The van der Waals surface area contributed by atoms with Crippen molar-refractivity contribution in [1.82, 2.24) is 25.1 Å². The maximum absolute atomic E-state index is 7.59. The molecule has 2 heterocycles. The second-order valence-electron chi connectivity index (χ2n) is 3.07. The highest BCUT2D eigenvalue weighted by Crippen LogP contribution is 2.08. The van der Waals surface area contributed by atoms with Crippen LogP contribution in [-0.2, 0) is 6.54 Å². The Balaban J connectivity index is 1.82. The van der Waals surface area contributed by atoms with Gasteiger partial charge in [0, 0.05) is 19.5 Å². The van der Waals surface area contributed by atoms with Crippen LogP contribution >= 0.6 is 0 Å². The zero-order valence-electron chi connectivity index (χ0n) is 7.35. The molecule has 6 heteroatoms. The molecule has 0 radical (unpaired) electrons. The summed E-state index contributed by atoms with van der Waals surface area (Å²) in [5.41, 5.74) is 0. The quantitative estimate of drug-likeness (QED) is 0.696. The fourth-order valence-corrected chi connectivity index (χ4v) is 1.48. The molecule has 0 aliphatic carbocycles. The minimum Gasteiger partial charge on any atom is -0.359 e. The molecule has 1 fully saturated rings. The molecule has 1 N–H and O–H groups in total. The van der Waals surface area contributed by atoms with Gasteiger partial charge in [0.15, 0.2) is 6.33 Å². The van der Waals surface area contributed by atoms with Crippen LogP contribution in [0.1, 0.15) is 12.8 Å². The highest BCUT2D eigenvalue weighted by atomic mass is 15.6. The van der Waals surface area contributed by atoms with Crippen molar-refractivity contribution in [1.29, 1.82) is 5.41 Å². The highest BCUT2D eigenvalue weighted by molar-refractivity contribution is 5.80. The van der Waals surface area contributed by atoms with Crippen molar-refractivity contribution in [3.05, 3.63) is 6.33 Å². The SMILES string of the molecule is N=C1CCCN1CCn1ncnn1. The van der Waals surface area contributed by atoms with Crippen LogP contribution in [0.25, 0.3) is 0 Å². The van der Waals surface area contributed by atoms with Gasteiger partial charge in [-0.15, -0.1) is 10.2 Å². The molecule has 1 aliphatic heterocycles. The average molecular weight is 180 g/mol. The summed E-state index contributed by atoms with van der Waals surface area (Å²) in [6, 6.07) is 0. The van der Waals surface area contributed by atoms with E-state index in [9.17, 15) is 0 Å².